The first kappa shape index (κ1) is 20.9. The van der Waals surface area contributed by atoms with Crippen molar-refractivity contribution >= 4 is 39.2 Å². The highest BCUT2D eigenvalue weighted by Gasteiger charge is 2.33. The van der Waals surface area contributed by atoms with Crippen molar-refractivity contribution in [3.8, 4) is 0 Å². The summed E-state index contributed by atoms with van der Waals surface area (Å²) in [5.74, 6) is 0.680. The van der Waals surface area contributed by atoms with Gasteiger partial charge in [0, 0.05) is 11.4 Å². The summed E-state index contributed by atoms with van der Waals surface area (Å²) in [5.41, 5.74) is 2.06. The normalized spacial score (nSPS) is 14.6. The predicted molar refractivity (Wildman–Crippen MR) is 124 cm³/mol. The molecule has 1 saturated carbocycles. The summed E-state index contributed by atoms with van der Waals surface area (Å²) in [6, 6.07) is 10.2. The van der Waals surface area contributed by atoms with Gasteiger partial charge < -0.3 is 5.32 Å². The van der Waals surface area contributed by atoms with Gasteiger partial charge in [-0.25, -0.2) is 4.98 Å². The van der Waals surface area contributed by atoms with Crippen molar-refractivity contribution in [1.82, 2.24) is 14.9 Å². The zero-order chi connectivity index (χ0) is 21.3. The molecular weight excluding hydrogens is 414 g/mol. The summed E-state index contributed by atoms with van der Waals surface area (Å²) in [7, 11) is 0. The van der Waals surface area contributed by atoms with Crippen LogP contribution in [-0.2, 0) is 11.3 Å². The lowest BCUT2D eigenvalue weighted by atomic mass is 10.0. The molecule has 5 nitrogen and oxygen atoms in total. The van der Waals surface area contributed by atoms with Crippen LogP contribution in [-0.4, -0.2) is 21.2 Å². The lowest BCUT2D eigenvalue weighted by molar-refractivity contribution is -0.119. The lowest BCUT2D eigenvalue weighted by Crippen LogP contribution is -2.31. The predicted octanol–water partition coefficient (Wildman–Crippen LogP) is 4.62. The van der Waals surface area contributed by atoms with Crippen LogP contribution in [0, 0.1) is 19.8 Å². The van der Waals surface area contributed by atoms with E-state index in [0.717, 1.165) is 33.7 Å². The summed E-state index contributed by atoms with van der Waals surface area (Å²) >= 11 is 2.83. The molecule has 1 amide bonds. The number of thioether (sulfide) groups is 1. The number of hydrogen-bond donors (Lipinski definition) is 1. The van der Waals surface area contributed by atoms with Crippen LogP contribution in [0.2, 0.25) is 0 Å². The number of hydrogen-bond acceptors (Lipinski definition) is 5. The molecule has 7 heteroatoms. The number of amides is 1. The smallest absolute Gasteiger partial charge is 0.263 e. The molecule has 2 heterocycles. The SMILES string of the molecule is C=CCn1c(SCC(=O)NC(c2ccccc2)C2CC2)nc2sc(C)c(C)c2c1=O. The third-order valence-corrected chi connectivity index (χ3v) is 7.54. The van der Waals surface area contributed by atoms with E-state index in [2.05, 4.69) is 24.0 Å². The Hall–Kier alpha value is -2.38. The molecule has 0 spiro atoms. The first-order valence-corrected chi connectivity index (χ1v) is 11.9. The second-order valence-corrected chi connectivity index (χ2v) is 9.79. The first-order chi connectivity index (χ1) is 14.5. The van der Waals surface area contributed by atoms with E-state index in [0.29, 0.717) is 23.0 Å². The monoisotopic (exact) mass is 439 g/mol. The third kappa shape index (κ3) is 4.23. The van der Waals surface area contributed by atoms with Crippen LogP contribution in [0.1, 0.15) is 34.9 Å². The highest BCUT2D eigenvalue weighted by Crippen LogP contribution is 2.41. The molecule has 3 aromatic rings. The molecule has 1 unspecified atom stereocenters. The van der Waals surface area contributed by atoms with Crippen LogP contribution in [0.3, 0.4) is 0 Å². The zero-order valence-corrected chi connectivity index (χ0v) is 18.8. The number of allylic oxidation sites excluding steroid dienone is 1. The van der Waals surface area contributed by atoms with Crippen molar-refractivity contribution in [1.29, 1.82) is 0 Å². The third-order valence-electron chi connectivity index (χ3n) is 5.47. The van der Waals surface area contributed by atoms with Gasteiger partial charge >= 0.3 is 0 Å². The quantitative estimate of drug-likeness (QED) is 0.316. The summed E-state index contributed by atoms with van der Waals surface area (Å²) in [6.07, 6.45) is 3.97. The summed E-state index contributed by atoms with van der Waals surface area (Å²) in [5, 5.41) is 4.42. The van der Waals surface area contributed by atoms with Crippen LogP contribution in [0.15, 0.2) is 52.9 Å². The van der Waals surface area contributed by atoms with Crippen molar-refractivity contribution in [2.24, 2.45) is 5.92 Å². The van der Waals surface area contributed by atoms with Gasteiger partial charge in [0.2, 0.25) is 5.91 Å². The number of aromatic nitrogens is 2. The van der Waals surface area contributed by atoms with E-state index in [-0.39, 0.29) is 23.3 Å². The molecular formula is C23H25N3O2S2. The van der Waals surface area contributed by atoms with Gasteiger partial charge in [-0.15, -0.1) is 17.9 Å². The number of rotatable bonds is 8. The molecule has 0 aliphatic heterocycles. The van der Waals surface area contributed by atoms with Gasteiger partial charge in [0.1, 0.15) is 4.83 Å². The molecule has 1 aromatic carbocycles. The van der Waals surface area contributed by atoms with E-state index in [1.807, 2.05) is 32.0 Å². The molecule has 1 fully saturated rings. The summed E-state index contributed by atoms with van der Waals surface area (Å²) in [6.45, 7) is 8.09. The van der Waals surface area contributed by atoms with Crippen molar-refractivity contribution in [2.45, 2.75) is 44.4 Å². The number of thiophene rings is 1. The topological polar surface area (TPSA) is 64.0 Å². The highest BCUT2D eigenvalue weighted by molar-refractivity contribution is 7.99. The van der Waals surface area contributed by atoms with E-state index in [9.17, 15) is 9.59 Å². The van der Waals surface area contributed by atoms with E-state index >= 15 is 0 Å². The van der Waals surface area contributed by atoms with Crippen LogP contribution < -0.4 is 10.9 Å². The molecule has 1 N–H and O–H groups in total. The van der Waals surface area contributed by atoms with Gasteiger partial charge in [-0.1, -0.05) is 48.2 Å². The summed E-state index contributed by atoms with van der Waals surface area (Å²) in [4.78, 5) is 32.3. The lowest BCUT2D eigenvalue weighted by Gasteiger charge is -2.19. The van der Waals surface area contributed by atoms with Gasteiger partial charge in [0.05, 0.1) is 17.2 Å². The Labute approximate surface area is 184 Å². The van der Waals surface area contributed by atoms with Gasteiger partial charge in [-0.3, -0.25) is 14.2 Å². The fraction of sp³-hybridized carbons (Fsp3) is 0.348. The molecule has 4 rings (SSSR count). The van der Waals surface area contributed by atoms with Gasteiger partial charge in [-0.05, 0) is 43.7 Å². The number of carbonyl (C=O) groups is 1. The molecule has 1 aliphatic carbocycles. The molecule has 0 bridgehead atoms. The highest BCUT2D eigenvalue weighted by atomic mass is 32.2. The van der Waals surface area contributed by atoms with Crippen molar-refractivity contribution in [2.75, 3.05) is 5.75 Å². The van der Waals surface area contributed by atoms with E-state index in [1.54, 1.807) is 10.6 Å². The van der Waals surface area contributed by atoms with E-state index in [1.165, 1.54) is 23.1 Å². The van der Waals surface area contributed by atoms with Gasteiger partial charge in [0.15, 0.2) is 5.16 Å². The number of aryl methyl sites for hydroxylation is 2. The Kier molecular flexibility index (Phi) is 6.11. The molecule has 0 saturated heterocycles. The zero-order valence-electron chi connectivity index (χ0n) is 17.2. The molecule has 1 atom stereocenters. The maximum absolute atomic E-state index is 13.0. The number of benzene rings is 1. The van der Waals surface area contributed by atoms with Crippen molar-refractivity contribution in [3.05, 3.63) is 69.3 Å². The fourth-order valence-corrected chi connectivity index (χ4v) is 5.51. The second-order valence-electron chi connectivity index (χ2n) is 7.64. The molecule has 1 aliphatic rings. The minimum atomic E-state index is -0.0650. The maximum atomic E-state index is 13.0. The second kappa shape index (κ2) is 8.78. The van der Waals surface area contributed by atoms with Crippen LogP contribution in [0.25, 0.3) is 10.2 Å². The minimum absolute atomic E-state index is 0.0428. The Morgan fingerprint density at radius 3 is 2.77 bits per heavy atom. The van der Waals surface area contributed by atoms with Crippen LogP contribution in [0.4, 0.5) is 0 Å². The van der Waals surface area contributed by atoms with E-state index < -0.39 is 0 Å². The summed E-state index contributed by atoms with van der Waals surface area (Å²) < 4.78 is 1.61. The molecule has 0 radical (unpaired) electrons. The van der Waals surface area contributed by atoms with Crippen LogP contribution in [0.5, 0.6) is 0 Å². The Bertz CT molecular complexity index is 1150. The Morgan fingerprint density at radius 1 is 1.37 bits per heavy atom. The number of fused-ring (bicyclic) bond motifs is 1. The largest absolute Gasteiger partial charge is 0.348 e. The first-order valence-electron chi connectivity index (χ1n) is 10.1. The molecule has 2 aromatic heterocycles. The molecule has 30 heavy (non-hydrogen) atoms. The molecule has 156 valence electrons. The Balaban J connectivity index is 1.54. The fourth-order valence-electron chi connectivity index (χ4n) is 3.62. The van der Waals surface area contributed by atoms with E-state index in [4.69, 9.17) is 4.98 Å². The number of carbonyl (C=O) groups excluding carboxylic acids is 1. The van der Waals surface area contributed by atoms with Crippen LogP contribution >= 0.6 is 23.1 Å². The minimum Gasteiger partial charge on any atom is -0.348 e. The Morgan fingerprint density at radius 2 is 2.10 bits per heavy atom. The van der Waals surface area contributed by atoms with Crippen molar-refractivity contribution in [3.63, 3.8) is 0 Å². The average Bonchev–Trinajstić information content (AvgIpc) is 3.54. The maximum Gasteiger partial charge on any atom is 0.263 e. The van der Waals surface area contributed by atoms with Crippen molar-refractivity contribution < 1.29 is 4.79 Å². The van der Waals surface area contributed by atoms with Gasteiger partial charge in [-0.2, -0.15) is 0 Å². The van der Waals surface area contributed by atoms with Gasteiger partial charge in [0.25, 0.3) is 5.56 Å². The number of nitrogens with one attached hydrogen (secondary N) is 1. The average molecular weight is 440 g/mol. The number of nitrogens with zero attached hydrogens (tertiary/aromatic N) is 2. The standard InChI is InChI=1S/C23H25N3O2S2/c1-4-12-26-22(28)19-14(2)15(3)30-21(19)25-23(26)29-13-18(27)24-20(17-10-11-17)16-8-6-5-7-9-16/h4-9,17,20H,1,10-13H2,2-3H3,(H,24,27).